The number of aryl methyl sites for hydroxylation is 2. The molecule has 0 radical (unpaired) electrons. The van der Waals surface area contributed by atoms with Crippen molar-refractivity contribution in [1.82, 2.24) is 0 Å². The minimum absolute atomic E-state index is 0.361. The first-order chi connectivity index (χ1) is 9.45. The molecule has 2 aromatic carbocycles. The summed E-state index contributed by atoms with van der Waals surface area (Å²) in [7, 11) is 1.50. The second kappa shape index (κ2) is 5.81. The van der Waals surface area contributed by atoms with Gasteiger partial charge in [0.2, 0.25) is 0 Å². The number of ether oxygens (including phenoxy) is 1. The molecule has 0 aliphatic carbocycles. The maximum atomic E-state index is 14.1. The Morgan fingerprint density at radius 2 is 1.90 bits per heavy atom. The van der Waals surface area contributed by atoms with Crippen molar-refractivity contribution in [2.45, 2.75) is 19.9 Å². The average molecular weight is 294 g/mol. The first kappa shape index (κ1) is 14.8. The molecule has 0 saturated carbocycles. The van der Waals surface area contributed by atoms with Crippen molar-refractivity contribution < 1.29 is 9.13 Å². The SMILES string of the molecule is COc1cccc(F)c1C(N)c1cc(C)c(Cl)cc1C. The first-order valence-electron chi connectivity index (χ1n) is 6.30. The zero-order valence-electron chi connectivity index (χ0n) is 11.7. The summed E-state index contributed by atoms with van der Waals surface area (Å²) < 4.78 is 19.3. The highest BCUT2D eigenvalue weighted by atomic mass is 35.5. The second-order valence-electron chi connectivity index (χ2n) is 4.79. The Hall–Kier alpha value is -1.58. The van der Waals surface area contributed by atoms with E-state index in [-0.39, 0.29) is 5.82 Å². The van der Waals surface area contributed by atoms with Crippen LogP contribution in [0, 0.1) is 19.7 Å². The molecule has 0 heterocycles. The van der Waals surface area contributed by atoms with Gasteiger partial charge in [-0.2, -0.15) is 0 Å². The lowest BCUT2D eigenvalue weighted by atomic mass is 9.93. The summed E-state index contributed by atoms with van der Waals surface area (Å²) in [5.41, 5.74) is 9.30. The van der Waals surface area contributed by atoms with Crippen molar-refractivity contribution in [3.05, 3.63) is 63.4 Å². The van der Waals surface area contributed by atoms with Gasteiger partial charge in [0.25, 0.3) is 0 Å². The van der Waals surface area contributed by atoms with E-state index < -0.39 is 6.04 Å². The summed E-state index contributed by atoms with van der Waals surface area (Å²) in [6.07, 6.45) is 0. The number of rotatable bonds is 3. The van der Waals surface area contributed by atoms with E-state index >= 15 is 0 Å². The van der Waals surface area contributed by atoms with E-state index in [9.17, 15) is 4.39 Å². The lowest BCUT2D eigenvalue weighted by molar-refractivity contribution is 0.402. The molecule has 0 fully saturated rings. The van der Waals surface area contributed by atoms with Crippen molar-refractivity contribution in [1.29, 1.82) is 0 Å². The van der Waals surface area contributed by atoms with Crippen LogP contribution in [0.4, 0.5) is 4.39 Å². The number of nitrogens with two attached hydrogens (primary N) is 1. The van der Waals surface area contributed by atoms with Crippen molar-refractivity contribution in [3.8, 4) is 5.75 Å². The van der Waals surface area contributed by atoms with Gasteiger partial charge in [0.05, 0.1) is 18.7 Å². The Bertz CT molecular complexity index is 643. The van der Waals surface area contributed by atoms with Crippen molar-refractivity contribution in [2.75, 3.05) is 7.11 Å². The molecule has 0 aliphatic heterocycles. The normalized spacial score (nSPS) is 12.3. The average Bonchev–Trinajstić information content (AvgIpc) is 2.41. The Morgan fingerprint density at radius 3 is 2.55 bits per heavy atom. The number of hydrogen-bond acceptors (Lipinski definition) is 2. The van der Waals surface area contributed by atoms with Crippen LogP contribution in [0.1, 0.15) is 28.3 Å². The van der Waals surface area contributed by atoms with Crippen LogP contribution < -0.4 is 10.5 Å². The number of benzene rings is 2. The molecule has 20 heavy (non-hydrogen) atoms. The fraction of sp³-hybridized carbons (Fsp3) is 0.250. The second-order valence-corrected chi connectivity index (χ2v) is 5.20. The van der Waals surface area contributed by atoms with E-state index in [1.807, 2.05) is 26.0 Å². The van der Waals surface area contributed by atoms with Gasteiger partial charge in [-0.05, 0) is 48.7 Å². The minimum Gasteiger partial charge on any atom is -0.496 e. The molecule has 2 nitrogen and oxygen atoms in total. The summed E-state index contributed by atoms with van der Waals surface area (Å²) in [5, 5.41) is 0.680. The number of hydrogen-bond donors (Lipinski definition) is 1. The molecule has 0 amide bonds. The quantitative estimate of drug-likeness (QED) is 0.922. The van der Waals surface area contributed by atoms with Crippen LogP contribution in [0.5, 0.6) is 5.75 Å². The molecular weight excluding hydrogens is 277 g/mol. The highest BCUT2D eigenvalue weighted by Gasteiger charge is 2.20. The lowest BCUT2D eigenvalue weighted by Crippen LogP contribution is -2.16. The predicted molar refractivity (Wildman–Crippen MR) is 79.9 cm³/mol. The van der Waals surface area contributed by atoms with Gasteiger partial charge in [-0.1, -0.05) is 23.7 Å². The van der Waals surface area contributed by atoms with E-state index in [1.54, 1.807) is 12.1 Å². The van der Waals surface area contributed by atoms with E-state index in [2.05, 4.69) is 0 Å². The summed E-state index contributed by atoms with van der Waals surface area (Å²) in [4.78, 5) is 0. The Morgan fingerprint density at radius 1 is 1.20 bits per heavy atom. The molecule has 4 heteroatoms. The highest BCUT2D eigenvalue weighted by molar-refractivity contribution is 6.31. The molecule has 0 spiro atoms. The number of methoxy groups -OCH3 is 1. The molecular formula is C16H17ClFNO. The van der Waals surface area contributed by atoms with Crippen LogP contribution in [0.3, 0.4) is 0 Å². The lowest BCUT2D eigenvalue weighted by Gasteiger charge is -2.19. The maximum absolute atomic E-state index is 14.1. The van der Waals surface area contributed by atoms with Gasteiger partial charge in [-0.15, -0.1) is 0 Å². The molecule has 1 atom stereocenters. The third-order valence-electron chi connectivity index (χ3n) is 3.43. The first-order valence-corrected chi connectivity index (χ1v) is 6.68. The fourth-order valence-corrected chi connectivity index (χ4v) is 2.51. The summed E-state index contributed by atoms with van der Waals surface area (Å²) in [6.45, 7) is 3.81. The standard InChI is InChI=1S/C16H17ClFNO/c1-9-8-12(17)10(2)7-11(9)16(19)15-13(18)5-4-6-14(15)20-3/h4-8,16H,19H2,1-3H3. The molecule has 2 aromatic rings. The van der Waals surface area contributed by atoms with Gasteiger partial charge in [0, 0.05) is 5.02 Å². The zero-order valence-corrected chi connectivity index (χ0v) is 12.5. The fourth-order valence-electron chi connectivity index (χ4n) is 2.29. The highest BCUT2D eigenvalue weighted by Crippen LogP contribution is 2.33. The molecule has 2 N–H and O–H groups in total. The molecule has 0 aromatic heterocycles. The summed E-state index contributed by atoms with van der Waals surface area (Å²) in [6, 6.07) is 7.84. The molecule has 0 bridgehead atoms. The predicted octanol–water partition coefficient (Wildman–Crippen LogP) is 4.15. The van der Waals surface area contributed by atoms with Crippen LogP contribution >= 0.6 is 11.6 Å². The molecule has 0 saturated heterocycles. The summed E-state index contributed by atoms with van der Waals surface area (Å²) >= 11 is 6.09. The van der Waals surface area contributed by atoms with E-state index in [0.717, 1.165) is 16.7 Å². The Kier molecular flexibility index (Phi) is 4.31. The summed E-state index contributed by atoms with van der Waals surface area (Å²) in [5.74, 6) is 0.0772. The van der Waals surface area contributed by atoms with Gasteiger partial charge in [-0.25, -0.2) is 4.39 Å². The van der Waals surface area contributed by atoms with E-state index in [4.69, 9.17) is 22.1 Å². The Balaban J connectivity index is 2.57. The zero-order chi connectivity index (χ0) is 14.9. The molecule has 0 aliphatic rings. The van der Waals surface area contributed by atoms with Gasteiger partial charge < -0.3 is 10.5 Å². The largest absolute Gasteiger partial charge is 0.496 e. The van der Waals surface area contributed by atoms with Crippen molar-refractivity contribution in [3.63, 3.8) is 0 Å². The van der Waals surface area contributed by atoms with Crippen LogP contribution in [0.15, 0.2) is 30.3 Å². The molecule has 2 rings (SSSR count). The van der Waals surface area contributed by atoms with Crippen molar-refractivity contribution in [2.24, 2.45) is 5.73 Å². The van der Waals surface area contributed by atoms with Crippen LogP contribution in [0.25, 0.3) is 0 Å². The van der Waals surface area contributed by atoms with Gasteiger partial charge in [-0.3, -0.25) is 0 Å². The Labute approximate surface area is 123 Å². The molecule has 1 unspecified atom stereocenters. The van der Waals surface area contributed by atoms with Crippen LogP contribution in [0.2, 0.25) is 5.02 Å². The van der Waals surface area contributed by atoms with Crippen LogP contribution in [-0.4, -0.2) is 7.11 Å². The monoisotopic (exact) mass is 293 g/mol. The van der Waals surface area contributed by atoms with Gasteiger partial charge >= 0.3 is 0 Å². The van der Waals surface area contributed by atoms with Crippen LogP contribution in [-0.2, 0) is 0 Å². The smallest absolute Gasteiger partial charge is 0.132 e. The third-order valence-corrected chi connectivity index (χ3v) is 3.83. The van der Waals surface area contributed by atoms with Crippen molar-refractivity contribution >= 4 is 11.6 Å². The number of halogens is 2. The maximum Gasteiger partial charge on any atom is 0.132 e. The van der Waals surface area contributed by atoms with Gasteiger partial charge in [0.1, 0.15) is 11.6 Å². The third kappa shape index (κ3) is 2.65. The minimum atomic E-state index is -0.595. The molecule has 106 valence electrons. The topological polar surface area (TPSA) is 35.2 Å². The van der Waals surface area contributed by atoms with E-state index in [1.165, 1.54) is 13.2 Å². The van der Waals surface area contributed by atoms with Gasteiger partial charge in [0.15, 0.2) is 0 Å². The van der Waals surface area contributed by atoms with E-state index in [0.29, 0.717) is 16.3 Å².